The summed E-state index contributed by atoms with van der Waals surface area (Å²) < 4.78 is 0. The van der Waals surface area contributed by atoms with Crippen molar-refractivity contribution in [3.63, 3.8) is 0 Å². The van der Waals surface area contributed by atoms with Crippen molar-refractivity contribution in [1.82, 2.24) is 4.98 Å². The van der Waals surface area contributed by atoms with E-state index >= 15 is 0 Å². The van der Waals surface area contributed by atoms with Gasteiger partial charge in [-0.2, -0.15) is 0 Å². The van der Waals surface area contributed by atoms with E-state index in [9.17, 15) is 4.79 Å². The quantitative estimate of drug-likeness (QED) is 0.496. The van der Waals surface area contributed by atoms with Gasteiger partial charge in [0.2, 0.25) is 0 Å². The average Bonchev–Trinajstić information content (AvgIpc) is 2.66. The van der Waals surface area contributed by atoms with Gasteiger partial charge in [-0.25, -0.2) is 9.79 Å². The molecule has 3 rings (SSSR count). The molecular formula is C12H11ClN2O2. The standard InChI is InChI=1S/C12H10N2O2.ClH/c15-12(16)10-5-8-7-3-1-2-4-9(7)14-11(8)6-13-10;/h1-4,6,10,14H,5H2,(H,15,16);1H/t10-;/m0./s1. The van der Waals surface area contributed by atoms with Crippen LogP contribution in [-0.4, -0.2) is 28.3 Å². The van der Waals surface area contributed by atoms with Gasteiger partial charge in [0.15, 0.2) is 6.21 Å². The van der Waals surface area contributed by atoms with E-state index in [-0.39, 0.29) is 12.4 Å². The first-order chi connectivity index (χ1) is 7.75. The largest absolute Gasteiger partial charge is 1.00 e. The Morgan fingerprint density at radius 1 is 1.41 bits per heavy atom. The number of hydrogen-bond donors (Lipinski definition) is 3. The zero-order valence-corrected chi connectivity index (χ0v) is 9.66. The first kappa shape index (κ1) is 11.7. The van der Waals surface area contributed by atoms with Gasteiger partial charge in [0.25, 0.3) is 6.04 Å². The van der Waals surface area contributed by atoms with Crippen molar-refractivity contribution in [2.24, 2.45) is 0 Å². The van der Waals surface area contributed by atoms with E-state index in [0.29, 0.717) is 6.42 Å². The van der Waals surface area contributed by atoms with Crippen LogP contribution in [0.15, 0.2) is 24.3 Å². The van der Waals surface area contributed by atoms with Gasteiger partial charge in [-0.3, -0.25) is 0 Å². The molecule has 2 heterocycles. The molecule has 0 fully saturated rings. The number of H-pyrrole nitrogens is 1. The molecule has 1 aliphatic rings. The lowest BCUT2D eigenvalue weighted by Crippen LogP contribution is -3.00. The van der Waals surface area contributed by atoms with Crippen LogP contribution in [0.2, 0.25) is 0 Å². The van der Waals surface area contributed by atoms with Crippen LogP contribution in [0, 0.1) is 0 Å². The number of carbonyl (C=O) groups is 1. The van der Waals surface area contributed by atoms with E-state index in [1.54, 1.807) is 6.21 Å². The molecule has 1 aromatic heterocycles. The molecule has 1 aliphatic heterocycles. The Morgan fingerprint density at radius 3 is 2.94 bits per heavy atom. The van der Waals surface area contributed by atoms with Gasteiger partial charge >= 0.3 is 5.97 Å². The van der Waals surface area contributed by atoms with Crippen molar-refractivity contribution < 1.29 is 27.3 Å². The van der Waals surface area contributed by atoms with Crippen LogP contribution >= 0.6 is 0 Å². The van der Waals surface area contributed by atoms with Crippen LogP contribution < -0.4 is 17.4 Å². The Labute approximate surface area is 104 Å². The van der Waals surface area contributed by atoms with Crippen molar-refractivity contribution >= 4 is 23.1 Å². The second-order valence-corrected chi connectivity index (χ2v) is 3.97. The third-order valence-electron chi connectivity index (χ3n) is 2.98. The third-order valence-corrected chi connectivity index (χ3v) is 2.98. The summed E-state index contributed by atoms with van der Waals surface area (Å²) >= 11 is 0. The molecule has 1 atom stereocenters. The molecule has 0 bridgehead atoms. The second kappa shape index (κ2) is 4.22. The van der Waals surface area contributed by atoms with Crippen molar-refractivity contribution in [2.75, 3.05) is 0 Å². The van der Waals surface area contributed by atoms with Crippen LogP contribution in [0.4, 0.5) is 0 Å². The molecule has 17 heavy (non-hydrogen) atoms. The van der Waals surface area contributed by atoms with Crippen LogP contribution in [0.5, 0.6) is 0 Å². The summed E-state index contributed by atoms with van der Waals surface area (Å²) in [4.78, 5) is 17.1. The van der Waals surface area contributed by atoms with Crippen LogP contribution in [0.3, 0.4) is 0 Å². The lowest BCUT2D eigenvalue weighted by molar-refractivity contribution is -0.486. The molecule has 0 aliphatic carbocycles. The fraction of sp³-hybridized carbons (Fsp3) is 0.167. The highest BCUT2D eigenvalue weighted by Crippen LogP contribution is 2.22. The molecule has 5 heteroatoms. The molecule has 2 aromatic rings. The predicted molar refractivity (Wildman–Crippen MR) is 59.6 cm³/mol. The summed E-state index contributed by atoms with van der Waals surface area (Å²) in [7, 11) is 0. The van der Waals surface area contributed by atoms with E-state index in [1.165, 1.54) is 0 Å². The number of halogens is 1. The normalized spacial score (nSPS) is 17.5. The van der Waals surface area contributed by atoms with Gasteiger partial charge in [0.1, 0.15) is 5.69 Å². The van der Waals surface area contributed by atoms with E-state index in [2.05, 4.69) is 9.98 Å². The number of nitrogens with one attached hydrogen (secondary N) is 2. The number of carboxylic acids is 1. The van der Waals surface area contributed by atoms with Gasteiger partial charge in [-0.15, -0.1) is 0 Å². The number of aromatic amines is 1. The average molecular weight is 251 g/mol. The number of aliphatic carboxylic acids is 1. The minimum Gasteiger partial charge on any atom is -1.00 e. The number of para-hydroxylation sites is 1. The SMILES string of the molecule is O=C(O)[C@@H]1Cc2c([nH]c3ccccc23)C=[NH+]1.[Cl-]. The van der Waals surface area contributed by atoms with Crippen LogP contribution in [0.1, 0.15) is 11.3 Å². The Balaban J connectivity index is 0.00000108. The highest BCUT2D eigenvalue weighted by Gasteiger charge is 2.28. The molecule has 88 valence electrons. The van der Waals surface area contributed by atoms with Gasteiger partial charge in [-0.05, 0) is 11.6 Å². The molecule has 3 N–H and O–H groups in total. The summed E-state index contributed by atoms with van der Waals surface area (Å²) in [6.07, 6.45) is 2.27. The fourth-order valence-electron chi connectivity index (χ4n) is 2.17. The second-order valence-electron chi connectivity index (χ2n) is 3.97. The number of carboxylic acid groups (broad SMARTS) is 1. The molecule has 0 saturated carbocycles. The summed E-state index contributed by atoms with van der Waals surface area (Å²) in [5, 5.41) is 10.1. The maximum absolute atomic E-state index is 10.9. The van der Waals surface area contributed by atoms with Crippen molar-refractivity contribution in [3.05, 3.63) is 35.5 Å². The van der Waals surface area contributed by atoms with Gasteiger partial charge in [0, 0.05) is 17.3 Å². The summed E-state index contributed by atoms with van der Waals surface area (Å²) in [5.74, 6) is -0.813. The smallest absolute Gasteiger partial charge is 0.373 e. The van der Waals surface area contributed by atoms with Crippen LogP contribution in [0.25, 0.3) is 10.9 Å². The summed E-state index contributed by atoms with van der Waals surface area (Å²) in [6.45, 7) is 0. The number of hydrogen-bond acceptors (Lipinski definition) is 1. The van der Waals surface area contributed by atoms with Crippen molar-refractivity contribution in [3.8, 4) is 0 Å². The fourth-order valence-corrected chi connectivity index (χ4v) is 2.17. The molecular weight excluding hydrogens is 240 g/mol. The van der Waals surface area contributed by atoms with E-state index < -0.39 is 12.0 Å². The first-order valence-corrected chi connectivity index (χ1v) is 5.17. The number of aromatic nitrogens is 1. The minimum absolute atomic E-state index is 0. The first-order valence-electron chi connectivity index (χ1n) is 5.17. The van der Waals surface area contributed by atoms with Gasteiger partial charge in [0.05, 0.1) is 0 Å². The molecule has 1 aromatic carbocycles. The number of fused-ring (bicyclic) bond motifs is 3. The highest BCUT2D eigenvalue weighted by molar-refractivity contribution is 5.93. The zero-order valence-electron chi connectivity index (χ0n) is 8.90. The number of rotatable bonds is 1. The molecule has 0 amide bonds. The Morgan fingerprint density at radius 2 is 2.18 bits per heavy atom. The third kappa shape index (κ3) is 1.80. The number of benzene rings is 1. The lowest BCUT2D eigenvalue weighted by atomic mass is 10.0. The Bertz CT molecular complexity index is 604. The highest BCUT2D eigenvalue weighted by atomic mass is 35.5. The van der Waals surface area contributed by atoms with Crippen molar-refractivity contribution in [1.29, 1.82) is 0 Å². The molecule has 0 saturated heterocycles. The molecule has 0 radical (unpaired) electrons. The Hall–Kier alpha value is -1.81. The zero-order chi connectivity index (χ0) is 11.1. The molecule has 0 unspecified atom stereocenters. The van der Waals surface area contributed by atoms with Crippen LogP contribution in [-0.2, 0) is 11.2 Å². The minimum atomic E-state index is -0.813. The maximum atomic E-state index is 10.9. The molecule has 0 spiro atoms. The summed E-state index contributed by atoms with van der Waals surface area (Å²) in [5.41, 5.74) is 3.12. The lowest BCUT2D eigenvalue weighted by Gasteiger charge is -2.07. The van der Waals surface area contributed by atoms with Gasteiger partial charge in [-0.1, -0.05) is 18.2 Å². The Kier molecular flexibility index (Phi) is 2.90. The topological polar surface area (TPSA) is 67.1 Å². The van der Waals surface area contributed by atoms with Crippen molar-refractivity contribution in [2.45, 2.75) is 12.5 Å². The predicted octanol–water partition coefficient (Wildman–Crippen LogP) is -3.32. The van der Waals surface area contributed by atoms with E-state index in [0.717, 1.165) is 22.2 Å². The van der Waals surface area contributed by atoms with Gasteiger partial charge < -0.3 is 22.5 Å². The monoisotopic (exact) mass is 250 g/mol. The summed E-state index contributed by atoms with van der Waals surface area (Å²) in [6, 6.07) is 7.42. The maximum Gasteiger partial charge on any atom is 0.373 e. The molecule has 4 nitrogen and oxygen atoms in total. The van der Waals surface area contributed by atoms with E-state index in [1.807, 2.05) is 24.3 Å². The van der Waals surface area contributed by atoms with E-state index in [4.69, 9.17) is 5.11 Å².